The molecule has 0 aromatic rings. The average Bonchev–Trinajstić information content (AvgIpc) is 2.56. The Kier molecular flexibility index (Phi) is 1.97. The Morgan fingerprint density at radius 1 is 0.800 bits per heavy atom. The van der Waals surface area contributed by atoms with E-state index in [0.29, 0.717) is 0 Å². The van der Waals surface area contributed by atoms with Crippen LogP contribution >= 0.6 is 0 Å². The minimum absolute atomic E-state index is 0.0936. The summed E-state index contributed by atoms with van der Waals surface area (Å²) in [6.45, 7) is 0. The number of rotatable bonds is 0. The van der Waals surface area contributed by atoms with Crippen LogP contribution in [0.2, 0.25) is 0 Å². The van der Waals surface area contributed by atoms with Gasteiger partial charge < -0.3 is 0 Å². The first-order valence-corrected chi connectivity index (χ1v) is 4.28. The van der Waals surface area contributed by atoms with Crippen LogP contribution in [0.5, 0.6) is 0 Å². The van der Waals surface area contributed by atoms with Gasteiger partial charge in [-0.2, -0.15) is 26.3 Å². The minimum Gasteiger partial charge on any atom is -0.166 e. The number of alkyl halides is 6. The van der Waals surface area contributed by atoms with Crippen LogP contribution in [0.1, 0.15) is 6.42 Å². The molecule has 0 nitrogen and oxygen atoms in total. The van der Waals surface area contributed by atoms with E-state index in [1.807, 2.05) is 0 Å². The van der Waals surface area contributed by atoms with E-state index in [9.17, 15) is 26.3 Å². The zero-order chi connectivity index (χ0) is 11.4. The van der Waals surface area contributed by atoms with Crippen molar-refractivity contribution in [3.8, 4) is 0 Å². The Morgan fingerprint density at radius 2 is 1.13 bits per heavy atom. The number of hydrogen-bond acceptors (Lipinski definition) is 0. The molecule has 2 aliphatic carbocycles. The molecule has 0 N–H and O–H groups in total. The Bertz CT molecular complexity index is 311. The van der Waals surface area contributed by atoms with Crippen molar-refractivity contribution in [3.63, 3.8) is 0 Å². The summed E-state index contributed by atoms with van der Waals surface area (Å²) in [5.41, 5.74) is -2.80. The molecular formula is C9H6F6. The maximum Gasteiger partial charge on any atom is 0.413 e. The number of halogens is 6. The lowest BCUT2D eigenvalue weighted by molar-refractivity contribution is -0.118. The second kappa shape index (κ2) is 2.80. The van der Waals surface area contributed by atoms with E-state index >= 15 is 0 Å². The monoisotopic (exact) mass is 228 g/mol. The van der Waals surface area contributed by atoms with Gasteiger partial charge in [-0.1, -0.05) is 12.2 Å². The molecule has 0 unspecified atom stereocenters. The van der Waals surface area contributed by atoms with Crippen molar-refractivity contribution in [1.29, 1.82) is 0 Å². The summed E-state index contributed by atoms with van der Waals surface area (Å²) in [6, 6.07) is 0. The molecule has 2 atom stereocenters. The highest BCUT2D eigenvalue weighted by Gasteiger charge is 2.55. The van der Waals surface area contributed by atoms with Crippen LogP contribution in [-0.4, -0.2) is 12.4 Å². The molecule has 0 spiro atoms. The molecule has 84 valence electrons. The van der Waals surface area contributed by atoms with Crippen molar-refractivity contribution < 1.29 is 26.3 Å². The summed E-state index contributed by atoms with van der Waals surface area (Å²) in [5, 5.41) is 0. The maximum absolute atomic E-state index is 12.4. The van der Waals surface area contributed by atoms with Gasteiger partial charge in [-0.25, -0.2) is 0 Å². The molecule has 2 aliphatic rings. The second-order valence-electron chi connectivity index (χ2n) is 3.66. The minimum atomic E-state index is -4.88. The van der Waals surface area contributed by atoms with E-state index in [0.717, 1.165) is 0 Å². The number of hydrogen-bond donors (Lipinski definition) is 0. The fourth-order valence-corrected chi connectivity index (χ4v) is 2.25. The quantitative estimate of drug-likeness (QED) is 0.439. The first kappa shape index (κ1) is 10.6. The van der Waals surface area contributed by atoms with Crippen LogP contribution in [0.4, 0.5) is 26.3 Å². The SMILES string of the molecule is FC(F)(F)C1=C(C(F)(F)F)[C@H]2C=C[C@@H]1C2. The molecule has 6 heteroatoms. The van der Waals surface area contributed by atoms with Gasteiger partial charge in [-0.3, -0.25) is 0 Å². The summed E-state index contributed by atoms with van der Waals surface area (Å²) in [7, 11) is 0. The standard InChI is InChI=1S/C9H6F6/c10-8(11,12)6-4-1-2-5(3-4)7(6)9(13,14)15/h1-2,4-5H,3H2/t4-,5+. The summed E-state index contributed by atoms with van der Waals surface area (Å²) >= 11 is 0. The van der Waals surface area contributed by atoms with E-state index in [-0.39, 0.29) is 6.42 Å². The third kappa shape index (κ3) is 1.55. The molecular weight excluding hydrogens is 222 g/mol. The number of fused-ring (bicyclic) bond motifs is 2. The van der Waals surface area contributed by atoms with E-state index in [1.54, 1.807) is 0 Å². The summed E-state index contributed by atoms with van der Waals surface area (Å²) in [5.74, 6) is -2.21. The van der Waals surface area contributed by atoms with Gasteiger partial charge in [0.05, 0.1) is 0 Å². The molecule has 2 rings (SSSR count). The van der Waals surface area contributed by atoms with Gasteiger partial charge >= 0.3 is 12.4 Å². The molecule has 0 aromatic carbocycles. The van der Waals surface area contributed by atoms with Crippen molar-refractivity contribution in [2.24, 2.45) is 11.8 Å². The Morgan fingerprint density at radius 3 is 1.40 bits per heavy atom. The maximum atomic E-state index is 12.4. The van der Waals surface area contributed by atoms with Crippen molar-refractivity contribution in [2.75, 3.05) is 0 Å². The molecule has 0 saturated heterocycles. The van der Waals surface area contributed by atoms with E-state index in [1.165, 1.54) is 12.2 Å². The van der Waals surface area contributed by atoms with Gasteiger partial charge in [0.2, 0.25) is 0 Å². The lowest BCUT2D eigenvalue weighted by atomic mass is 9.96. The molecule has 0 fully saturated rings. The zero-order valence-electron chi connectivity index (χ0n) is 7.28. The largest absolute Gasteiger partial charge is 0.413 e. The van der Waals surface area contributed by atoms with E-state index in [2.05, 4.69) is 0 Å². The molecule has 15 heavy (non-hydrogen) atoms. The topological polar surface area (TPSA) is 0 Å². The Labute approximate surface area is 81.3 Å². The number of allylic oxidation sites excluding steroid dienone is 4. The van der Waals surface area contributed by atoms with Gasteiger partial charge in [0, 0.05) is 23.0 Å². The van der Waals surface area contributed by atoms with Crippen molar-refractivity contribution in [3.05, 3.63) is 23.3 Å². The average molecular weight is 228 g/mol. The third-order valence-electron chi connectivity index (χ3n) is 2.73. The Balaban J connectivity index is 2.50. The van der Waals surface area contributed by atoms with Gasteiger partial charge in [-0.15, -0.1) is 0 Å². The van der Waals surface area contributed by atoms with Crippen LogP contribution in [-0.2, 0) is 0 Å². The van der Waals surface area contributed by atoms with Crippen molar-refractivity contribution in [1.82, 2.24) is 0 Å². The van der Waals surface area contributed by atoms with E-state index in [4.69, 9.17) is 0 Å². The smallest absolute Gasteiger partial charge is 0.166 e. The van der Waals surface area contributed by atoms with Gasteiger partial charge in [0.15, 0.2) is 0 Å². The van der Waals surface area contributed by atoms with Gasteiger partial charge in [0.1, 0.15) is 0 Å². The molecule has 0 aromatic heterocycles. The first-order valence-electron chi connectivity index (χ1n) is 4.28. The fraction of sp³-hybridized carbons (Fsp3) is 0.556. The molecule has 0 radical (unpaired) electrons. The van der Waals surface area contributed by atoms with Crippen LogP contribution in [0.15, 0.2) is 23.3 Å². The normalized spacial score (nSPS) is 30.5. The highest BCUT2D eigenvalue weighted by Crippen LogP contribution is 2.54. The fourth-order valence-electron chi connectivity index (χ4n) is 2.25. The van der Waals surface area contributed by atoms with Crippen molar-refractivity contribution in [2.45, 2.75) is 18.8 Å². The molecule has 0 amide bonds. The summed E-state index contributed by atoms with van der Waals surface area (Å²) < 4.78 is 74.4. The Hall–Kier alpha value is -0.940. The molecule has 2 bridgehead atoms. The van der Waals surface area contributed by atoms with Crippen LogP contribution in [0.25, 0.3) is 0 Å². The third-order valence-corrected chi connectivity index (χ3v) is 2.73. The van der Waals surface area contributed by atoms with Gasteiger partial charge in [-0.05, 0) is 6.42 Å². The predicted molar refractivity (Wildman–Crippen MR) is 39.9 cm³/mol. The van der Waals surface area contributed by atoms with Crippen molar-refractivity contribution >= 4 is 0 Å². The second-order valence-corrected chi connectivity index (χ2v) is 3.66. The van der Waals surface area contributed by atoms with Crippen LogP contribution < -0.4 is 0 Å². The summed E-state index contributed by atoms with van der Waals surface area (Å²) in [4.78, 5) is 0. The molecule has 0 heterocycles. The molecule has 0 saturated carbocycles. The highest BCUT2D eigenvalue weighted by atomic mass is 19.4. The van der Waals surface area contributed by atoms with Crippen LogP contribution in [0.3, 0.4) is 0 Å². The first-order chi connectivity index (χ1) is 6.71. The van der Waals surface area contributed by atoms with Gasteiger partial charge in [0.25, 0.3) is 0 Å². The lowest BCUT2D eigenvalue weighted by Gasteiger charge is -2.20. The predicted octanol–water partition coefficient (Wildman–Crippen LogP) is 3.61. The highest BCUT2D eigenvalue weighted by molar-refractivity contribution is 5.42. The zero-order valence-corrected chi connectivity index (χ0v) is 7.28. The van der Waals surface area contributed by atoms with E-state index < -0.39 is 35.3 Å². The molecule has 0 aliphatic heterocycles. The summed E-state index contributed by atoms with van der Waals surface area (Å²) in [6.07, 6.45) is -7.43. The van der Waals surface area contributed by atoms with Crippen LogP contribution in [0, 0.1) is 11.8 Å². The lowest BCUT2D eigenvalue weighted by Crippen LogP contribution is -2.25.